The second-order valence-electron chi connectivity index (χ2n) is 6.21. The first-order valence-corrected chi connectivity index (χ1v) is 10.3. The number of nitrogens with one attached hydrogen (secondary N) is 1. The van der Waals surface area contributed by atoms with Crippen LogP contribution in [0.5, 0.6) is 0 Å². The van der Waals surface area contributed by atoms with E-state index in [0.29, 0.717) is 5.75 Å². The zero-order valence-corrected chi connectivity index (χ0v) is 17.3. The topological polar surface area (TPSA) is 54.5 Å². The van der Waals surface area contributed by atoms with E-state index in [1.807, 2.05) is 12.1 Å². The standard InChI is InChI=1S/C19H22BrN3O2S/c1-13-10-17(14(2)9-16(13)20)26-12-19(24)22-15-3-4-18(21-11-15)23-5-7-25-8-6-23/h3-4,9-11H,5-8,12H2,1-2H3,(H,22,24). The van der Waals surface area contributed by atoms with Crippen molar-refractivity contribution in [1.82, 2.24) is 4.98 Å². The number of halogens is 1. The minimum atomic E-state index is -0.0316. The highest BCUT2D eigenvalue weighted by atomic mass is 79.9. The number of pyridine rings is 1. The van der Waals surface area contributed by atoms with Crippen molar-refractivity contribution in [2.24, 2.45) is 0 Å². The lowest BCUT2D eigenvalue weighted by atomic mass is 10.2. The summed E-state index contributed by atoms with van der Waals surface area (Å²) in [5.41, 5.74) is 3.05. The van der Waals surface area contributed by atoms with E-state index in [4.69, 9.17) is 4.74 Å². The molecule has 0 saturated carbocycles. The van der Waals surface area contributed by atoms with Crippen molar-refractivity contribution in [3.05, 3.63) is 46.1 Å². The van der Waals surface area contributed by atoms with Gasteiger partial charge < -0.3 is 15.0 Å². The number of carbonyl (C=O) groups is 1. The highest BCUT2D eigenvalue weighted by Crippen LogP contribution is 2.28. The Morgan fingerprint density at radius 3 is 2.73 bits per heavy atom. The molecule has 1 N–H and O–H groups in total. The fraction of sp³-hybridized carbons (Fsp3) is 0.368. The van der Waals surface area contributed by atoms with Crippen molar-refractivity contribution in [3.63, 3.8) is 0 Å². The van der Waals surface area contributed by atoms with Gasteiger partial charge in [0.2, 0.25) is 5.91 Å². The van der Waals surface area contributed by atoms with E-state index < -0.39 is 0 Å². The molecular formula is C19H22BrN3O2S. The Labute approximate surface area is 166 Å². The molecule has 1 aliphatic rings. The van der Waals surface area contributed by atoms with Gasteiger partial charge in [-0.15, -0.1) is 11.8 Å². The molecule has 1 aliphatic heterocycles. The first-order valence-electron chi connectivity index (χ1n) is 8.51. The van der Waals surface area contributed by atoms with Crippen LogP contribution in [-0.2, 0) is 9.53 Å². The summed E-state index contributed by atoms with van der Waals surface area (Å²) < 4.78 is 6.44. The number of ether oxygens (including phenoxy) is 1. The molecule has 1 fully saturated rings. The first kappa shape index (κ1) is 19.2. The number of anilines is 2. The molecule has 1 aromatic heterocycles. The van der Waals surface area contributed by atoms with Crippen molar-refractivity contribution in [2.45, 2.75) is 18.7 Å². The average Bonchev–Trinajstić information content (AvgIpc) is 2.65. The van der Waals surface area contributed by atoms with Crippen LogP contribution >= 0.6 is 27.7 Å². The van der Waals surface area contributed by atoms with Gasteiger partial charge in [-0.25, -0.2) is 4.98 Å². The molecule has 0 bridgehead atoms. The molecule has 0 spiro atoms. The van der Waals surface area contributed by atoms with E-state index in [2.05, 4.69) is 57.1 Å². The number of amides is 1. The van der Waals surface area contributed by atoms with Crippen molar-refractivity contribution in [3.8, 4) is 0 Å². The summed E-state index contributed by atoms with van der Waals surface area (Å²) in [5.74, 6) is 1.25. The number of nitrogens with zero attached hydrogens (tertiary/aromatic N) is 2. The number of benzene rings is 1. The molecule has 1 amide bonds. The van der Waals surface area contributed by atoms with Gasteiger partial charge in [-0.05, 0) is 49.2 Å². The van der Waals surface area contributed by atoms with Crippen molar-refractivity contribution in [2.75, 3.05) is 42.3 Å². The predicted molar refractivity (Wildman–Crippen MR) is 110 cm³/mol. The van der Waals surface area contributed by atoms with Crippen LogP contribution in [0.25, 0.3) is 0 Å². The third kappa shape index (κ3) is 4.99. The summed E-state index contributed by atoms with van der Waals surface area (Å²) in [6.07, 6.45) is 1.71. The molecule has 3 rings (SSSR count). The maximum absolute atomic E-state index is 12.2. The first-order chi connectivity index (χ1) is 12.5. The van der Waals surface area contributed by atoms with E-state index >= 15 is 0 Å². The minimum absolute atomic E-state index is 0.0316. The highest BCUT2D eigenvalue weighted by Gasteiger charge is 2.12. The number of hydrogen-bond acceptors (Lipinski definition) is 5. The average molecular weight is 436 g/mol. The number of aromatic nitrogens is 1. The van der Waals surface area contributed by atoms with Crippen LogP contribution in [0.15, 0.2) is 39.8 Å². The summed E-state index contributed by atoms with van der Waals surface area (Å²) in [6.45, 7) is 7.26. The van der Waals surface area contributed by atoms with Crippen LogP contribution in [0.1, 0.15) is 11.1 Å². The maximum Gasteiger partial charge on any atom is 0.234 e. The second-order valence-corrected chi connectivity index (χ2v) is 8.08. The Morgan fingerprint density at radius 1 is 1.27 bits per heavy atom. The lowest BCUT2D eigenvalue weighted by molar-refractivity contribution is -0.113. The van der Waals surface area contributed by atoms with E-state index in [0.717, 1.165) is 52.7 Å². The van der Waals surface area contributed by atoms with Crippen molar-refractivity contribution >= 4 is 45.1 Å². The van der Waals surface area contributed by atoms with Crippen molar-refractivity contribution < 1.29 is 9.53 Å². The molecule has 7 heteroatoms. The third-order valence-corrected chi connectivity index (χ3v) is 6.19. The van der Waals surface area contributed by atoms with Crippen LogP contribution < -0.4 is 10.2 Å². The molecule has 138 valence electrons. The van der Waals surface area contributed by atoms with Crippen molar-refractivity contribution in [1.29, 1.82) is 0 Å². The zero-order chi connectivity index (χ0) is 18.5. The van der Waals surface area contributed by atoms with Gasteiger partial charge in [0.05, 0.1) is 30.9 Å². The number of morpholine rings is 1. The Hall–Kier alpha value is -1.57. The van der Waals surface area contributed by atoms with Crippen LogP contribution in [0.2, 0.25) is 0 Å². The third-order valence-electron chi connectivity index (χ3n) is 4.18. The molecule has 0 unspecified atom stereocenters. The predicted octanol–water partition coefficient (Wildman–Crippen LogP) is 4.03. The van der Waals surface area contributed by atoms with Crippen LogP contribution in [0, 0.1) is 13.8 Å². The molecule has 26 heavy (non-hydrogen) atoms. The van der Waals surface area contributed by atoms with E-state index in [-0.39, 0.29) is 5.91 Å². The zero-order valence-electron chi connectivity index (χ0n) is 14.9. The number of carbonyl (C=O) groups excluding carboxylic acids is 1. The second kappa shape index (κ2) is 8.88. The SMILES string of the molecule is Cc1cc(SCC(=O)Nc2ccc(N3CCOCC3)nc2)c(C)cc1Br. The number of aryl methyl sites for hydroxylation is 2. The summed E-state index contributed by atoms with van der Waals surface area (Å²) in [6, 6.07) is 8.03. The van der Waals surface area contributed by atoms with Gasteiger partial charge in [-0.3, -0.25) is 4.79 Å². The van der Waals surface area contributed by atoms with Crippen LogP contribution in [0.3, 0.4) is 0 Å². The van der Waals surface area contributed by atoms with Gasteiger partial charge in [0.25, 0.3) is 0 Å². The molecule has 5 nitrogen and oxygen atoms in total. The molecule has 2 heterocycles. The number of hydrogen-bond donors (Lipinski definition) is 1. The number of thioether (sulfide) groups is 1. The molecule has 0 atom stereocenters. The van der Waals surface area contributed by atoms with Crippen LogP contribution in [0.4, 0.5) is 11.5 Å². The van der Waals surface area contributed by atoms with Crippen LogP contribution in [-0.4, -0.2) is 42.9 Å². The fourth-order valence-corrected chi connectivity index (χ4v) is 4.05. The molecule has 0 radical (unpaired) electrons. The largest absolute Gasteiger partial charge is 0.378 e. The summed E-state index contributed by atoms with van der Waals surface area (Å²) in [5, 5.41) is 2.91. The lowest BCUT2D eigenvalue weighted by Crippen LogP contribution is -2.36. The van der Waals surface area contributed by atoms with E-state index in [9.17, 15) is 4.79 Å². The maximum atomic E-state index is 12.2. The normalized spacial score (nSPS) is 14.3. The van der Waals surface area contributed by atoms with Gasteiger partial charge in [0.15, 0.2) is 0 Å². The lowest BCUT2D eigenvalue weighted by Gasteiger charge is -2.27. The van der Waals surface area contributed by atoms with Gasteiger partial charge in [-0.2, -0.15) is 0 Å². The summed E-state index contributed by atoms with van der Waals surface area (Å²) in [4.78, 5) is 20.0. The Balaban J connectivity index is 1.54. The molecule has 0 aliphatic carbocycles. The Morgan fingerprint density at radius 2 is 2.04 bits per heavy atom. The number of rotatable bonds is 5. The van der Waals surface area contributed by atoms with E-state index in [1.165, 1.54) is 5.56 Å². The quantitative estimate of drug-likeness (QED) is 0.718. The molecule has 1 aromatic carbocycles. The Kier molecular flexibility index (Phi) is 6.56. The van der Waals surface area contributed by atoms with E-state index in [1.54, 1.807) is 18.0 Å². The summed E-state index contributed by atoms with van der Waals surface area (Å²) >= 11 is 5.08. The van der Waals surface area contributed by atoms with Gasteiger partial charge in [0, 0.05) is 22.5 Å². The summed E-state index contributed by atoms with van der Waals surface area (Å²) in [7, 11) is 0. The molecule has 2 aromatic rings. The van der Waals surface area contributed by atoms with Gasteiger partial charge >= 0.3 is 0 Å². The Bertz CT molecular complexity index is 777. The fourth-order valence-electron chi connectivity index (χ4n) is 2.69. The highest BCUT2D eigenvalue weighted by molar-refractivity contribution is 9.10. The van der Waals surface area contributed by atoms with Gasteiger partial charge in [0.1, 0.15) is 5.82 Å². The monoisotopic (exact) mass is 435 g/mol. The molecular weight excluding hydrogens is 414 g/mol. The van der Waals surface area contributed by atoms with Gasteiger partial charge in [-0.1, -0.05) is 15.9 Å². The molecule has 1 saturated heterocycles. The smallest absolute Gasteiger partial charge is 0.234 e. The minimum Gasteiger partial charge on any atom is -0.378 e.